The van der Waals surface area contributed by atoms with Crippen LogP contribution in [0.15, 0.2) is 52.9 Å². The van der Waals surface area contributed by atoms with Gasteiger partial charge in [-0.1, -0.05) is 47.4 Å². The molecule has 7 nitrogen and oxygen atoms in total. The lowest BCUT2D eigenvalue weighted by Crippen LogP contribution is -2.29. The number of nitrogens with one attached hydrogen (secondary N) is 1. The van der Waals surface area contributed by atoms with Crippen LogP contribution >= 0.6 is 35.3 Å². The molecule has 3 aromatic heterocycles. The van der Waals surface area contributed by atoms with Crippen molar-refractivity contribution in [1.29, 1.82) is 0 Å². The average molecular weight is 465 g/mol. The summed E-state index contributed by atoms with van der Waals surface area (Å²) in [4.78, 5) is 20.7. The second-order valence-electron chi connectivity index (χ2n) is 6.92. The van der Waals surface area contributed by atoms with Crippen molar-refractivity contribution in [1.82, 2.24) is 30.5 Å². The third-order valence-corrected chi connectivity index (χ3v) is 7.12. The fourth-order valence-electron chi connectivity index (χ4n) is 3.31. The molecule has 10 heteroatoms. The Kier molecular flexibility index (Phi) is 5.58. The molecule has 4 aromatic rings. The van der Waals surface area contributed by atoms with E-state index in [9.17, 15) is 4.79 Å². The summed E-state index contributed by atoms with van der Waals surface area (Å²) >= 11 is 8.37. The number of aromatic amines is 1. The number of aromatic nitrogens is 5. The molecule has 0 saturated carbocycles. The normalized spacial score (nSPS) is 15.5. The number of H-pyrrole nitrogens is 1. The molecule has 154 valence electrons. The SMILES string of the molecule is O=C1/C(=C/c2cc(-c3cnc4ccccc4c3)cs2)SC(=S)N1CCCc1nn[nH]n1. The first-order valence-electron chi connectivity index (χ1n) is 9.59. The van der Waals surface area contributed by atoms with E-state index in [1.54, 1.807) is 16.2 Å². The highest BCUT2D eigenvalue weighted by atomic mass is 32.2. The van der Waals surface area contributed by atoms with E-state index in [4.69, 9.17) is 12.2 Å². The Morgan fingerprint density at radius 2 is 2.10 bits per heavy atom. The maximum atomic E-state index is 12.8. The Labute approximate surface area is 191 Å². The molecule has 1 saturated heterocycles. The van der Waals surface area contributed by atoms with Crippen molar-refractivity contribution in [3.8, 4) is 11.1 Å². The van der Waals surface area contributed by atoms with Crippen LogP contribution in [0.5, 0.6) is 0 Å². The minimum atomic E-state index is -0.0505. The molecule has 1 N–H and O–H groups in total. The van der Waals surface area contributed by atoms with Crippen molar-refractivity contribution in [3.05, 3.63) is 63.6 Å². The number of thiophene rings is 1. The third-order valence-electron chi connectivity index (χ3n) is 4.86. The number of amides is 1. The smallest absolute Gasteiger partial charge is 0.266 e. The maximum Gasteiger partial charge on any atom is 0.266 e. The van der Waals surface area contributed by atoms with Crippen molar-refractivity contribution in [2.75, 3.05) is 6.54 Å². The zero-order valence-corrected chi connectivity index (χ0v) is 18.6. The van der Waals surface area contributed by atoms with Gasteiger partial charge in [0.25, 0.3) is 5.91 Å². The van der Waals surface area contributed by atoms with Crippen molar-refractivity contribution in [3.63, 3.8) is 0 Å². The van der Waals surface area contributed by atoms with Crippen molar-refractivity contribution in [2.24, 2.45) is 0 Å². The van der Waals surface area contributed by atoms with Gasteiger partial charge in [0, 0.05) is 35.0 Å². The lowest BCUT2D eigenvalue weighted by Gasteiger charge is -2.13. The van der Waals surface area contributed by atoms with E-state index in [1.165, 1.54) is 11.8 Å². The number of hydrogen-bond donors (Lipinski definition) is 1. The number of rotatable bonds is 6. The molecule has 0 bridgehead atoms. The molecule has 0 spiro atoms. The van der Waals surface area contributed by atoms with Gasteiger partial charge < -0.3 is 0 Å². The summed E-state index contributed by atoms with van der Waals surface area (Å²) in [6.07, 6.45) is 5.16. The number of carbonyl (C=O) groups excluding carboxylic acids is 1. The first-order chi connectivity index (χ1) is 15.2. The molecule has 1 fully saturated rings. The Hall–Kier alpha value is -2.95. The number of thiocarbonyl (C=S) groups is 1. The monoisotopic (exact) mass is 464 g/mol. The first-order valence-corrected chi connectivity index (χ1v) is 11.7. The zero-order valence-electron chi connectivity index (χ0n) is 16.2. The van der Waals surface area contributed by atoms with Crippen LogP contribution in [0.3, 0.4) is 0 Å². The fraction of sp³-hybridized carbons (Fsp3) is 0.143. The summed E-state index contributed by atoms with van der Waals surface area (Å²) in [5.41, 5.74) is 3.12. The number of thioether (sulfide) groups is 1. The number of hydrogen-bond acceptors (Lipinski definition) is 8. The summed E-state index contributed by atoms with van der Waals surface area (Å²) in [6, 6.07) is 12.3. The number of nitrogens with zero attached hydrogens (tertiary/aromatic N) is 5. The lowest BCUT2D eigenvalue weighted by molar-refractivity contribution is -0.122. The quantitative estimate of drug-likeness (QED) is 0.336. The third kappa shape index (κ3) is 4.27. The second-order valence-corrected chi connectivity index (χ2v) is 9.54. The van der Waals surface area contributed by atoms with E-state index < -0.39 is 0 Å². The predicted octanol–water partition coefficient (Wildman–Crippen LogP) is 4.31. The number of carbonyl (C=O) groups is 1. The van der Waals surface area contributed by atoms with Gasteiger partial charge in [0.2, 0.25) is 0 Å². The molecule has 5 rings (SSSR count). The van der Waals surface area contributed by atoms with Crippen molar-refractivity contribution >= 4 is 62.5 Å². The van der Waals surface area contributed by atoms with Crippen LogP contribution < -0.4 is 0 Å². The van der Waals surface area contributed by atoms with Gasteiger partial charge in [0.1, 0.15) is 4.32 Å². The molecule has 0 unspecified atom stereocenters. The lowest BCUT2D eigenvalue weighted by atomic mass is 10.1. The number of fused-ring (bicyclic) bond motifs is 1. The van der Waals surface area contributed by atoms with Gasteiger partial charge in [-0.15, -0.1) is 21.5 Å². The summed E-state index contributed by atoms with van der Waals surface area (Å²) < 4.78 is 0.583. The standard InChI is InChI=1S/C21H16N6OS3/c28-20-18(31-21(29)27(20)7-3-6-19-23-25-26-24-19)10-16-9-15(12-30-16)14-8-13-4-1-2-5-17(13)22-11-14/h1-2,4-5,8-12H,3,6-7H2,(H,23,24,25,26)/b18-10-. The Morgan fingerprint density at radius 1 is 1.19 bits per heavy atom. The highest BCUT2D eigenvalue weighted by molar-refractivity contribution is 8.26. The van der Waals surface area contributed by atoms with Crippen LogP contribution in [0.2, 0.25) is 0 Å². The highest BCUT2D eigenvalue weighted by Crippen LogP contribution is 2.35. The number of tetrazole rings is 1. The van der Waals surface area contributed by atoms with Crippen LogP contribution in [0, 0.1) is 0 Å². The summed E-state index contributed by atoms with van der Waals surface area (Å²) in [5.74, 6) is 0.584. The molecule has 1 aliphatic rings. The van der Waals surface area contributed by atoms with E-state index in [0.29, 0.717) is 28.0 Å². The molecule has 0 radical (unpaired) electrons. The topological polar surface area (TPSA) is 87.7 Å². The predicted molar refractivity (Wildman–Crippen MR) is 127 cm³/mol. The maximum absolute atomic E-state index is 12.8. The van der Waals surface area contributed by atoms with Crippen LogP contribution in [-0.4, -0.2) is 47.3 Å². The minimum Gasteiger partial charge on any atom is -0.293 e. The molecule has 1 amide bonds. The van der Waals surface area contributed by atoms with Gasteiger partial charge in [-0.05, 0) is 41.6 Å². The van der Waals surface area contributed by atoms with Gasteiger partial charge in [0.15, 0.2) is 5.82 Å². The number of pyridine rings is 1. The molecular formula is C21H16N6OS3. The summed E-state index contributed by atoms with van der Waals surface area (Å²) in [5, 5.41) is 17.0. The molecule has 1 aliphatic heterocycles. The fourth-order valence-corrected chi connectivity index (χ4v) is 5.54. The molecule has 0 aliphatic carbocycles. The van der Waals surface area contributed by atoms with Gasteiger partial charge in [-0.25, -0.2) is 0 Å². The van der Waals surface area contributed by atoms with Crippen LogP contribution in [-0.2, 0) is 11.2 Å². The van der Waals surface area contributed by atoms with E-state index >= 15 is 0 Å². The Morgan fingerprint density at radius 3 is 2.97 bits per heavy atom. The van der Waals surface area contributed by atoms with Crippen LogP contribution in [0.25, 0.3) is 28.1 Å². The number of aryl methyl sites for hydroxylation is 1. The molecule has 1 aromatic carbocycles. The molecular weight excluding hydrogens is 448 g/mol. The van der Waals surface area contributed by atoms with Gasteiger partial charge >= 0.3 is 0 Å². The minimum absolute atomic E-state index is 0.0505. The average Bonchev–Trinajstić information content (AvgIpc) is 3.52. The summed E-state index contributed by atoms with van der Waals surface area (Å²) in [7, 11) is 0. The Balaban J connectivity index is 1.29. The second kappa shape index (κ2) is 8.66. The zero-order chi connectivity index (χ0) is 21.2. The summed E-state index contributed by atoms with van der Waals surface area (Å²) in [6.45, 7) is 0.537. The van der Waals surface area contributed by atoms with E-state index in [2.05, 4.69) is 49.2 Å². The van der Waals surface area contributed by atoms with Crippen molar-refractivity contribution in [2.45, 2.75) is 12.8 Å². The number of benzene rings is 1. The molecule has 0 atom stereocenters. The van der Waals surface area contributed by atoms with E-state index in [-0.39, 0.29) is 5.91 Å². The molecule has 4 heterocycles. The van der Waals surface area contributed by atoms with Gasteiger partial charge in [0.05, 0.1) is 10.4 Å². The van der Waals surface area contributed by atoms with Crippen LogP contribution in [0.4, 0.5) is 0 Å². The first kappa shape index (κ1) is 20.0. The highest BCUT2D eigenvalue weighted by Gasteiger charge is 2.31. The van der Waals surface area contributed by atoms with Crippen molar-refractivity contribution < 1.29 is 4.79 Å². The van der Waals surface area contributed by atoms with Gasteiger partial charge in [-0.3, -0.25) is 14.7 Å². The Bertz CT molecular complexity index is 1300. The number of para-hydroxylation sites is 1. The van der Waals surface area contributed by atoms with Gasteiger partial charge in [-0.2, -0.15) is 5.21 Å². The van der Waals surface area contributed by atoms with E-state index in [1.807, 2.05) is 30.5 Å². The van der Waals surface area contributed by atoms with E-state index in [0.717, 1.165) is 33.3 Å². The molecule has 31 heavy (non-hydrogen) atoms. The largest absolute Gasteiger partial charge is 0.293 e. The van der Waals surface area contributed by atoms with Crippen LogP contribution in [0.1, 0.15) is 17.1 Å².